The van der Waals surface area contributed by atoms with E-state index in [2.05, 4.69) is 12.7 Å². The highest BCUT2D eigenvalue weighted by Gasteiger charge is 2.31. The summed E-state index contributed by atoms with van der Waals surface area (Å²) in [6, 6.07) is 0. The van der Waals surface area contributed by atoms with E-state index >= 15 is 0 Å². The highest BCUT2D eigenvalue weighted by atomic mass is 16.5. The molecule has 0 bridgehead atoms. The summed E-state index contributed by atoms with van der Waals surface area (Å²) in [6.45, 7) is 4.93. The van der Waals surface area contributed by atoms with Crippen LogP contribution in [0.4, 0.5) is 0 Å². The fourth-order valence-corrected chi connectivity index (χ4v) is 3.03. The highest BCUT2D eigenvalue weighted by Crippen LogP contribution is 2.35. The summed E-state index contributed by atoms with van der Waals surface area (Å²) in [5, 5.41) is 0. The third kappa shape index (κ3) is 2.20. The predicted octanol–water partition coefficient (Wildman–Crippen LogP) is 3.55. The predicted molar refractivity (Wildman–Crippen MR) is 59.2 cm³/mol. The molecular formula is C13H22O. The topological polar surface area (TPSA) is 9.23 Å². The SMILES string of the molecule is C=C[C@H]1CCCO[C@@H]1C1CCCCC1. The molecule has 0 aromatic carbocycles. The normalized spacial score (nSPS) is 35.4. The lowest BCUT2D eigenvalue weighted by atomic mass is 9.78. The summed E-state index contributed by atoms with van der Waals surface area (Å²) in [5.41, 5.74) is 0. The van der Waals surface area contributed by atoms with Crippen molar-refractivity contribution >= 4 is 0 Å². The molecule has 1 heteroatoms. The quantitative estimate of drug-likeness (QED) is 0.611. The van der Waals surface area contributed by atoms with Crippen LogP contribution < -0.4 is 0 Å². The van der Waals surface area contributed by atoms with Gasteiger partial charge in [-0.3, -0.25) is 0 Å². The Labute approximate surface area is 87.5 Å². The highest BCUT2D eigenvalue weighted by molar-refractivity contribution is 4.91. The van der Waals surface area contributed by atoms with E-state index in [-0.39, 0.29) is 0 Å². The molecule has 0 unspecified atom stereocenters. The molecule has 80 valence electrons. The van der Waals surface area contributed by atoms with Crippen LogP contribution in [0.25, 0.3) is 0 Å². The molecular weight excluding hydrogens is 172 g/mol. The summed E-state index contributed by atoms with van der Waals surface area (Å²) in [7, 11) is 0. The lowest BCUT2D eigenvalue weighted by molar-refractivity contribution is -0.0548. The van der Waals surface area contributed by atoms with Gasteiger partial charge >= 0.3 is 0 Å². The first-order chi connectivity index (χ1) is 6.92. The number of ether oxygens (including phenoxy) is 1. The molecule has 0 aromatic heterocycles. The van der Waals surface area contributed by atoms with Crippen molar-refractivity contribution in [2.24, 2.45) is 11.8 Å². The van der Waals surface area contributed by atoms with E-state index in [9.17, 15) is 0 Å². The second kappa shape index (κ2) is 4.97. The molecule has 2 rings (SSSR count). The van der Waals surface area contributed by atoms with Crippen LogP contribution in [0, 0.1) is 11.8 Å². The Kier molecular flexibility index (Phi) is 3.63. The van der Waals surface area contributed by atoms with Crippen molar-refractivity contribution in [3.63, 3.8) is 0 Å². The molecule has 2 atom stereocenters. The molecule has 2 aliphatic rings. The second-order valence-electron chi connectivity index (χ2n) is 4.78. The zero-order chi connectivity index (χ0) is 9.80. The van der Waals surface area contributed by atoms with Gasteiger partial charge in [0.1, 0.15) is 0 Å². The van der Waals surface area contributed by atoms with Crippen LogP contribution in [-0.4, -0.2) is 12.7 Å². The van der Waals surface area contributed by atoms with Crippen molar-refractivity contribution in [1.82, 2.24) is 0 Å². The van der Waals surface area contributed by atoms with Gasteiger partial charge in [0, 0.05) is 12.5 Å². The van der Waals surface area contributed by atoms with E-state index in [0.29, 0.717) is 12.0 Å². The average Bonchev–Trinajstić information content (AvgIpc) is 2.30. The minimum atomic E-state index is 0.501. The van der Waals surface area contributed by atoms with Crippen molar-refractivity contribution in [3.8, 4) is 0 Å². The fraction of sp³-hybridized carbons (Fsp3) is 0.846. The lowest BCUT2D eigenvalue weighted by Crippen LogP contribution is -2.36. The third-order valence-electron chi connectivity index (χ3n) is 3.83. The maximum atomic E-state index is 5.95. The van der Waals surface area contributed by atoms with Gasteiger partial charge in [-0.15, -0.1) is 6.58 Å². The van der Waals surface area contributed by atoms with Crippen LogP contribution in [0.5, 0.6) is 0 Å². The largest absolute Gasteiger partial charge is 0.377 e. The smallest absolute Gasteiger partial charge is 0.0665 e. The zero-order valence-corrected chi connectivity index (χ0v) is 9.08. The van der Waals surface area contributed by atoms with Crippen LogP contribution in [0.3, 0.4) is 0 Å². The van der Waals surface area contributed by atoms with Crippen molar-refractivity contribution in [2.45, 2.75) is 51.0 Å². The molecule has 1 aliphatic heterocycles. The van der Waals surface area contributed by atoms with Gasteiger partial charge in [-0.25, -0.2) is 0 Å². The van der Waals surface area contributed by atoms with Gasteiger partial charge in [-0.05, 0) is 31.6 Å². The van der Waals surface area contributed by atoms with Gasteiger partial charge in [-0.1, -0.05) is 25.3 Å². The lowest BCUT2D eigenvalue weighted by Gasteiger charge is -2.37. The Morgan fingerprint density at radius 2 is 1.79 bits per heavy atom. The molecule has 0 radical (unpaired) electrons. The van der Waals surface area contributed by atoms with E-state index in [1.54, 1.807) is 0 Å². The van der Waals surface area contributed by atoms with Gasteiger partial charge < -0.3 is 4.74 Å². The first kappa shape index (κ1) is 10.2. The molecule has 1 aliphatic carbocycles. The summed E-state index contributed by atoms with van der Waals surface area (Å²) < 4.78 is 5.95. The Morgan fingerprint density at radius 1 is 1.00 bits per heavy atom. The van der Waals surface area contributed by atoms with Gasteiger partial charge in [0.25, 0.3) is 0 Å². The van der Waals surface area contributed by atoms with Crippen molar-refractivity contribution < 1.29 is 4.74 Å². The maximum Gasteiger partial charge on any atom is 0.0665 e. The molecule has 2 fully saturated rings. The third-order valence-corrected chi connectivity index (χ3v) is 3.83. The zero-order valence-electron chi connectivity index (χ0n) is 9.08. The minimum absolute atomic E-state index is 0.501. The Morgan fingerprint density at radius 3 is 2.50 bits per heavy atom. The molecule has 1 heterocycles. The summed E-state index contributed by atoms with van der Waals surface area (Å²) in [6.07, 6.45) is 12.2. The minimum Gasteiger partial charge on any atom is -0.377 e. The summed E-state index contributed by atoms with van der Waals surface area (Å²) in [4.78, 5) is 0. The van der Waals surface area contributed by atoms with E-state index in [1.807, 2.05) is 0 Å². The van der Waals surface area contributed by atoms with Gasteiger partial charge in [0.15, 0.2) is 0 Å². The van der Waals surface area contributed by atoms with E-state index in [4.69, 9.17) is 4.74 Å². The summed E-state index contributed by atoms with van der Waals surface area (Å²) >= 11 is 0. The molecule has 0 aromatic rings. The Hall–Kier alpha value is -0.300. The Bertz CT molecular complexity index is 182. The van der Waals surface area contributed by atoms with Gasteiger partial charge in [0.2, 0.25) is 0 Å². The molecule has 0 spiro atoms. The fourth-order valence-electron chi connectivity index (χ4n) is 3.03. The Balaban J connectivity index is 1.94. The molecule has 1 saturated carbocycles. The first-order valence-electron chi connectivity index (χ1n) is 6.16. The van der Waals surface area contributed by atoms with Crippen LogP contribution in [0.2, 0.25) is 0 Å². The molecule has 0 N–H and O–H groups in total. The molecule has 1 saturated heterocycles. The number of hydrogen-bond donors (Lipinski definition) is 0. The van der Waals surface area contributed by atoms with Gasteiger partial charge in [-0.2, -0.15) is 0 Å². The maximum absolute atomic E-state index is 5.95. The van der Waals surface area contributed by atoms with Gasteiger partial charge in [0.05, 0.1) is 6.10 Å². The van der Waals surface area contributed by atoms with Crippen LogP contribution in [-0.2, 0) is 4.74 Å². The van der Waals surface area contributed by atoms with Crippen LogP contribution in [0.1, 0.15) is 44.9 Å². The van der Waals surface area contributed by atoms with E-state index in [1.165, 1.54) is 44.9 Å². The van der Waals surface area contributed by atoms with Crippen LogP contribution >= 0.6 is 0 Å². The van der Waals surface area contributed by atoms with E-state index < -0.39 is 0 Å². The number of rotatable bonds is 2. The van der Waals surface area contributed by atoms with Crippen molar-refractivity contribution in [3.05, 3.63) is 12.7 Å². The van der Waals surface area contributed by atoms with E-state index in [0.717, 1.165) is 12.5 Å². The molecule has 1 nitrogen and oxygen atoms in total. The standard InChI is InChI=1S/C13H22O/c1-2-11-9-6-10-14-13(11)12-7-4-3-5-8-12/h2,11-13H,1,3-10H2/t11-,13-/m0/s1. The van der Waals surface area contributed by atoms with Crippen molar-refractivity contribution in [2.75, 3.05) is 6.61 Å². The monoisotopic (exact) mass is 194 g/mol. The van der Waals surface area contributed by atoms with Crippen LogP contribution in [0.15, 0.2) is 12.7 Å². The van der Waals surface area contributed by atoms with Crippen molar-refractivity contribution in [1.29, 1.82) is 0 Å². The second-order valence-corrected chi connectivity index (χ2v) is 4.78. The number of hydrogen-bond acceptors (Lipinski definition) is 1. The summed E-state index contributed by atoms with van der Waals surface area (Å²) in [5.74, 6) is 1.46. The average molecular weight is 194 g/mol. The molecule has 14 heavy (non-hydrogen) atoms. The molecule has 0 amide bonds. The first-order valence-corrected chi connectivity index (χ1v) is 6.16.